The molecule has 0 aliphatic heterocycles. The molecule has 0 unspecified atom stereocenters. The Morgan fingerprint density at radius 2 is 1.50 bits per heavy atom. The van der Waals surface area contributed by atoms with Gasteiger partial charge in [0.15, 0.2) is 0 Å². The molecule has 0 radical (unpaired) electrons. The number of hydrogen-bond acceptors (Lipinski definition) is 0. The summed E-state index contributed by atoms with van der Waals surface area (Å²) < 4.78 is 0. The Morgan fingerprint density at radius 1 is 1.33 bits per heavy atom. The van der Waals surface area contributed by atoms with E-state index in [9.17, 15) is 0 Å². The normalized spacial score (nSPS) is 8.00. The zero-order valence-electron chi connectivity index (χ0n) is 4.43. The van der Waals surface area contributed by atoms with Gasteiger partial charge in [0, 0.05) is 21.1 Å². The van der Waals surface area contributed by atoms with Gasteiger partial charge in [0.05, 0.1) is 0 Å². The minimum absolute atomic E-state index is 0. The fourth-order valence-electron chi connectivity index (χ4n) is 0. The third-order valence-electron chi connectivity index (χ3n) is 0.516. The van der Waals surface area contributed by atoms with Crippen LogP contribution in [0.15, 0.2) is 0 Å². The predicted octanol–water partition coefficient (Wildman–Crippen LogP) is 1.40. The maximum atomic E-state index is 3.89. The van der Waals surface area contributed by atoms with Crippen molar-refractivity contribution in [1.82, 2.24) is 0 Å². The first-order valence-corrected chi connectivity index (χ1v) is 1.86. The van der Waals surface area contributed by atoms with E-state index in [2.05, 4.69) is 19.2 Å². The van der Waals surface area contributed by atoms with Crippen LogP contribution in [-0.4, -0.2) is 13.1 Å². The van der Waals surface area contributed by atoms with Crippen molar-refractivity contribution < 1.29 is 21.1 Å². The summed E-state index contributed by atoms with van der Waals surface area (Å²) in [6.45, 7) is 4.11. The van der Waals surface area contributed by atoms with E-state index < -0.39 is 0 Å². The van der Waals surface area contributed by atoms with E-state index in [1.807, 2.05) is 7.05 Å². The first-order valence-electron chi connectivity index (χ1n) is 1.86. The Morgan fingerprint density at radius 3 is 1.50 bits per heavy atom. The van der Waals surface area contributed by atoms with Crippen LogP contribution in [0.2, 0.25) is 0 Å². The van der Waals surface area contributed by atoms with Crippen LogP contribution in [0.5, 0.6) is 0 Å². The first kappa shape index (κ1) is 9.82. The molecule has 0 aliphatic rings. The molecule has 0 atom stereocenters. The Bertz CT molecular complexity index is 21.5. The fourth-order valence-corrected chi connectivity index (χ4v) is 0. The zero-order valence-corrected chi connectivity index (χ0v) is 7.37. The second-order valence-corrected chi connectivity index (χ2v) is 1.35. The van der Waals surface area contributed by atoms with Crippen molar-refractivity contribution in [2.45, 2.75) is 19.9 Å². The Balaban J connectivity index is 0. The molecule has 2 heteroatoms. The van der Waals surface area contributed by atoms with Gasteiger partial charge in [0.1, 0.15) is 0 Å². The monoisotopic (exact) mass is 256 g/mol. The molecular weight excluding hydrogens is 246 g/mol. The van der Waals surface area contributed by atoms with Crippen molar-refractivity contribution in [3.05, 3.63) is 5.32 Å². The van der Waals surface area contributed by atoms with Crippen molar-refractivity contribution in [1.29, 1.82) is 0 Å². The maximum Gasteiger partial charge on any atom is 0 e. The van der Waals surface area contributed by atoms with Gasteiger partial charge in [0.2, 0.25) is 0 Å². The molecule has 0 rings (SSSR count). The van der Waals surface area contributed by atoms with E-state index in [1.54, 1.807) is 0 Å². The summed E-state index contributed by atoms with van der Waals surface area (Å²) in [6, 6.07) is 0.509. The van der Waals surface area contributed by atoms with Gasteiger partial charge in [-0.2, -0.15) is 7.05 Å². The van der Waals surface area contributed by atoms with Crippen LogP contribution in [0.1, 0.15) is 13.8 Å². The van der Waals surface area contributed by atoms with Gasteiger partial charge in [-0.3, -0.25) is 0 Å². The van der Waals surface area contributed by atoms with Crippen LogP contribution >= 0.6 is 0 Å². The zero-order chi connectivity index (χ0) is 4.28. The Labute approximate surface area is 53.8 Å². The molecule has 0 heterocycles. The number of hydrogen-bond donors (Lipinski definition) is 0. The largest absolute Gasteiger partial charge is 0.663 e. The summed E-state index contributed by atoms with van der Waals surface area (Å²) in [5.41, 5.74) is 0. The molecule has 0 saturated heterocycles. The van der Waals surface area contributed by atoms with E-state index in [-0.39, 0.29) is 21.1 Å². The molecule has 0 bridgehead atoms. The van der Waals surface area contributed by atoms with Crippen LogP contribution in [0, 0.1) is 0 Å². The van der Waals surface area contributed by atoms with Gasteiger partial charge >= 0.3 is 0 Å². The molecule has 0 aromatic heterocycles. The van der Waals surface area contributed by atoms with Crippen LogP contribution < -0.4 is 0 Å². The van der Waals surface area contributed by atoms with E-state index in [0.29, 0.717) is 6.04 Å². The molecule has 6 heavy (non-hydrogen) atoms. The van der Waals surface area contributed by atoms with E-state index >= 15 is 0 Å². The van der Waals surface area contributed by atoms with Crippen molar-refractivity contribution in [3.63, 3.8) is 0 Å². The number of rotatable bonds is 1. The molecule has 0 amide bonds. The Hall–Kier alpha value is 0.648. The standard InChI is InChI=1S/C4H10N.W/c1-4(2)5-3;/h4H,1-3H3;/q-1;. The van der Waals surface area contributed by atoms with Gasteiger partial charge in [-0.15, -0.1) is 6.04 Å². The average molecular weight is 256 g/mol. The van der Waals surface area contributed by atoms with Gasteiger partial charge in [0.25, 0.3) is 0 Å². The quantitative estimate of drug-likeness (QED) is 0.673. The molecule has 0 N–H and O–H groups in total. The van der Waals surface area contributed by atoms with Crippen molar-refractivity contribution in [3.8, 4) is 0 Å². The first-order chi connectivity index (χ1) is 2.27. The van der Waals surface area contributed by atoms with Gasteiger partial charge in [-0.25, -0.2) is 0 Å². The van der Waals surface area contributed by atoms with E-state index in [1.165, 1.54) is 0 Å². The second kappa shape index (κ2) is 5.65. The smallest absolute Gasteiger partial charge is 0 e. The molecule has 0 aliphatic carbocycles. The van der Waals surface area contributed by atoms with Crippen LogP contribution in [0.4, 0.5) is 0 Å². The molecule has 0 spiro atoms. The summed E-state index contributed by atoms with van der Waals surface area (Å²) in [6.07, 6.45) is 0. The van der Waals surface area contributed by atoms with Gasteiger partial charge in [-0.1, -0.05) is 13.8 Å². The van der Waals surface area contributed by atoms with Gasteiger partial charge < -0.3 is 5.32 Å². The topological polar surface area (TPSA) is 14.1 Å². The van der Waals surface area contributed by atoms with Gasteiger partial charge in [-0.05, 0) is 0 Å². The average Bonchev–Trinajstić information content (AvgIpc) is 1.38. The third kappa shape index (κ3) is 8.82. The van der Waals surface area contributed by atoms with E-state index in [0.717, 1.165) is 0 Å². The molecular formula is C4H10NW-. The summed E-state index contributed by atoms with van der Waals surface area (Å²) in [5, 5.41) is 3.89. The minimum atomic E-state index is 0. The fraction of sp³-hybridized carbons (Fsp3) is 1.00. The molecule has 0 fully saturated rings. The Kier molecular flexibility index (Phi) is 9.24. The molecule has 1 nitrogen and oxygen atoms in total. The van der Waals surface area contributed by atoms with Crippen LogP contribution in [-0.2, 0) is 21.1 Å². The second-order valence-electron chi connectivity index (χ2n) is 1.35. The SMILES string of the molecule is C[N-]C(C)C.[W]. The number of nitrogens with zero attached hydrogens (tertiary/aromatic N) is 1. The van der Waals surface area contributed by atoms with Crippen molar-refractivity contribution in [2.24, 2.45) is 0 Å². The maximum absolute atomic E-state index is 3.89. The minimum Gasteiger partial charge on any atom is -0.663 e. The summed E-state index contributed by atoms with van der Waals surface area (Å²) in [4.78, 5) is 0. The molecule has 0 saturated carbocycles. The van der Waals surface area contributed by atoms with Crippen LogP contribution in [0.25, 0.3) is 5.32 Å². The van der Waals surface area contributed by atoms with Crippen molar-refractivity contribution in [2.75, 3.05) is 7.05 Å². The molecule has 0 aromatic carbocycles. The summed E-state index contributed by atoms with van der Waals surface area (Å²) >= 11 is 0. The molecule has 38 valence electrons. The summed E-state index contributed by atoms with van der Waals surface area (Å²) in [7, 11) is 1.82. The third-order valence-corrected chi connectivity index (χ3v) is 0.516. The van der Waals surface area contributed by atoms with E-state index in [4.69, 9.17) is 0 Å². The predicted molar refractivity (Wildman–Crippen MR) is 24.4 cm³/mol. The van der Waals surface area contributed by atoms with Crippen molar-refractivity contribution >= 4 is 0 Å². The molecule has 0 aromatic rings. The van der Waals surface area contributed by atoms with Crippen LogP contribution in [0.3, 0.4) is 0 Å². The summed E-state index contributed by atoms with van der Waals surface area (Å²) in [5.74, 6) is 0.